The number of benzene rings is 2. The molecule has 2 aromatic rings. The maximum atomic E-state index is 13.0. The average Bonchev–Trinajstić information content (AvgIpc) is 2.36. The standard InChI is InChI=1S/C15H14F2O2/c1-10-3-2-4-12(8-18)15(10)19-9-11-5-13(16)7-14(17)6-11/h2-7,18H,8-9H2,1H3. The molecule has 0 unspecified atom stereocenters. The summed E-state index contributed by atoms with van der Waals surface area (Å²) in [4.78, 5) is 0. The van der Waals surface area contributed by atoms with Crippen molar-refractivity contribution in [1.82, 2.24) is 0 Å². The summed E-state index contributed by atoms with van der Waals surface area (Å²) in [6.07, 6.45) is 0. The van der Waals surface area contributed by atoms with E-state index < -0.39 is 11.6 Å². The Balaban J connectivity index is 2.18. The van der Waals surface area contributed by atoms with Gasteiger partial charge in [-0.3, -0.25) is 0 Å². The van der Waals surface area contributed by atoms with E-state index in [1.807, 2.05) is 19.1 Å². The Morgan fingerprint density at radius 3 is 2.42 bits per heavy atom. The van der Waals surface area contributed by atoms with Crippen LogP contribution in [0.4, 0.5) is 8.78 Å². The maximum Gasteiger partial charge on any atom is 0.128 e. The first-order valence-corrected chi connectivity index (χ1v) is 5.87. The molecule has 0 spiro atoms. The summed E-state index contributed by atoms with van der Waals surface area (Å²) in [5.41, 5.74) is 1.92. The van der Waals surface area contributed by atoms with Crippen molar-refractivity contribution in [2.75, 3.05) is 0 Å². The molecule has 0 saturated carbocycles. The van der Waals surface area contributed by atoms with E-state index in [4.69, 9.17) is 4.74 Å². The lowest BCUT2D eigenvalue weighted by Gasteiger charge is -2.13. The number of halogens is 2. The summed E-state index contributed by atoms with van der Waals surface area (Å²) in [6.45, 7) is 1.75. The van der Waals surface area contributed by atoms with Crippen LogP contribution in [0.2, 0.25) is 0 Å². The van der Waals surface area contributed by atoms with Gasteiger partial charge in [-0.1, -0.05) is 18.2 Å². The van der Waals surface area contributed by atoms with E-state index >= 15 is 0 Å². The molecule has 1 N–H and O–H groups in total. The summed E-state index contributed by atoms with van der Waals surface area (Å²) < 4.78 is 31.6. The monoisotopic (exact) mass is 264 g/mol. The minimum absolute atomic E-state index is 0.0481. The van der Waals surface area contributed by atoms with Gasteiger partial charge in [0.25, 0.3) is 0 Å². The topological polar surface area (TPSA) is 29.5 Å². The van der Waals surface area contributed by atoms with Crippen LogP contribution >= 0.6 is 0 Å². The van der Waals surface area contributed by atoms with Crippen LogP contribution in [0.5, 0.6) is 5.75 Å². The summed E-state index contributed by atoms with van der Waals surface area (Å²) >= 11 is 0. The molecule has 0 aliphatic carbocycles. The summed E-state index contributed by atoms with van der Waals surface area (Å²) in [5.74, 6) is -0.716. The minimum atomic E-state index is -0.634. The van der Waals surface area contributed by atoms with E-state index in [2.05, 4.69) is 0 Å². The molecule has 4 heteroatoms. The SMILES string of the molecule is Cc1cccc(CO)c1OCc1cc(F)cc(F)c1. The van der Waals surface area contributed by atoms with E-state index in [1.165, 1.54) is 12.1 Å². The lowest BCUT2D eigenvalue weighted by Crippen LogP contribution is -2.01. The Kier molecular flexibility index (Phi) is 4.12. The van der Waals surface area contributed by atoms with Crippen LogP contribution in [-0.4, -0.2) is 5.11 Å². The van der Waals surface area contributed by atoms with Gasteiger partial charge in [0.05, 0.1) is 6.61 Å². The molecule has 2 rings (SSSR count). The van der Waals surface area contributed by atoms with Gasteiger partial charge in [-0.25, -0.2) is 8.78 Å². The highest BCUT2D eigenvalue weighted by Gasteiger charge is 2.07. The Morgan fingerprint density at radius 2 is 1.79 bits per heavy atom. The number of aliphatic hydroxyl groups excluding tert-OH is 1. The van der Waals surface area contributed by atoms with Gasteiger partial charge < -0.3 is 9.84 Å². The van der Waals surface area contributed by atoms with E-state index in [0.29, 0.717) is 16.9 Å². The quantitative estimate of drug-likeness (QED) is 0.917. The molecule has 0 aromatic heterocycles. The highest BCUT2D eigenvalue weighted by Crippen LogP contribution is 2.24. The van der Waals surface area contributed by atoms with Gasteiger partial charge in [-0.2, -0.15) is 0 Å². The predicted octanol–water partition coefficient (Wildman–Crippen LogP) is 3.34. The van der Waals surface area contributed by atoms with Crippen molar-refractivity contribution >= 4 is 0 Å². The highest BCUT2D eigenvalue weighted by molar-refractivity contribution is 5.40. The third-order valence-electron chi connectivity index (χ3n) is 2.77. The third kappa shape index (κ3) is 3.29. The van der Waals surface area contributed by atoms with Crippen molar-refractivity contribution in [3.05, 3.63) is 64.7 Å². The van der Waals surface area contributed by atoms with Gasteiger partial charge in [-0.05, 0) is 30.2 Å². The molecule has 2 aromatic carbocycles. The predicted molar refractivity (Wildman–Crippen MR) is 67.8 cm³/mol. The Labute approximate surface area is 110 Å². The Bertz CT molecular complexity index is 562. The first-order valence-electron chi connectivity index (χ1n) is 5.87. The number of rotatable bonds is 4. The molecule has 0 aliphatic heterocycles. The highest BCUT2D eigenvalue weighted by atomic mass is 19.1. The fraction of sp³-hybridized carbons (Fsp3) is 0.200. The first-order chi connectivity index (χ1) is 9.10. The van der Waals surface area contributed by atoms with Gasteiger partial charge in [0, 0.05) is 11.6 Å². The molecule has 0 aliphatic rings. The second-order valence-electron chi connectivity index (χ2n) is 4.29. The van der Waals surface area contributed by atoms with Crippen LogP contribution in [0, 0.1) is 18.6 Å². The summed E-state index contributed by atoms with van der Waals surface area (Å²) in [7, 11) is 0. The molecule has 19 heavy (non-hydrogen) atoms. The largest absolute Gasteiger partial charge is 0.488 e. The van der Waals surface area contributed by atoms with E-state index in [-0.39, 0.29) is 13.2 Å². The average molecular weight is 264 g/mol. The second kappa shape index (κ2) is 5.80. The molecule has 0 bridgehead atoms. The fourth-order valence-electron chi connectivity index (χ4n) is 1.89. The zero-order valence-electron chi connectivity index (χ0n) is 10.5. The number of aryl methyl sites for hydroxylation is 1. The second-order valence-corrected chi connectivity index (χ2v) is 4.29. The molecule has 100 valence electrons. The van der Waals surface area contributed by atoms with Gasteiger partial charge in [0.1, 0.15) is 24.0 Å². The molecular weight excluding hydrogens is 250 g/mol. The van der Waals surface area contributed by atoms with Crippen LogP contribution in [0.3, 0.4) is 0 Å². The van der Waals surface area contributed by atoms with Crippen molar-refractivity contribution in [3.8, 4) is 5.75 Å². The molecular formula is C15H14F2O2. The Morgan fingerprint density at radius 1 is 1.11 bits per heavy atom. The summed E-state index contributed by atoms with van der Waals surface area (Å²) in [6, 6.07) is 8.67. The first kappa shape index (κ1) is 13.5. The molecule has 2 nitrogen and oxygen atoms in total. The van der Waals surface area contributed by atoms with E-state index in [0.717, 1.165) is 11.6 Å². The van der Waals surface area contributed by atoms with Crippen LogP contribution in [-0.2, 0) is 13.2 Å². The van der Waals surface area contributed by atoms with Crippen LogP contribution in [0.1, 0.15) is 16.7 Å². The molecule has 0 amide bonds. The number of ether oxygens (including phenoxy) is 1. The normalized spacial score (nSPS) is 10.5. The zero-order chi connectivity index (χ0) is 13.8. The van der Waals surface area contributed by atoms with Crippen molar-refractivity contribution < 1.29 is 18.6 Å². The third-order valence-corrected chi connectivity index (χ3v) is 2.77. The lowest BCUT2D eigenvalue weighted by atomic mass is 10.1. The number of hydrogen-bond donors (Lipinski definition) is 1. The number of para-hydroxylation sites is 1. The lowest BCUT2D eigenvalue weighted by molar-refractivity contribution is 0.257. The van der Waals surface area contributed by atoms with Gasteiger partial charge in [-0.15, -0.1) is 0 Å². The van der Waals surface area contributed by atoms with Gasteiger partial charge in [0.15, 0.2) is 0 Å². The molecule has 0 fully saturated rings. The van der Waals surface area contributed by atoms with Crippen LogP contribution in [0.25, 0.3) is 0 Å². The van der Waals surface area contributed by atoms with Crippen molar-refractivity contribution in [1.29, 1.82) is 0 Å². The Hall–Kier alpha value is -1.94. The van der Waals surface area contributed by atoms with Crippen molar-refractivity contribution in [2.45, 2.75) is 20.1 Å². The smallest absolute Gasteiger partial charge is 0.128 e. The van der Waals surface area contributed by atoms with Gasteiger partial charge in [0.2, 0.25) is 0 Å². The zero-order valence-corrected chi connectivity index (χ0v) is 10.5. The molecule has 0 heterocycles. The molecule has 0 atom stereocenters. The minimum Gasteiger partial charge on any atom is -0.488 e. The van der Waals surface area contributed by atoms with Crippen molar-refractivity contribution in [2.24, 2.45) is 0 Å². The maximum absolute atomic E-state index is 13.0. The number of aliphatic hydroxyl groups is 1. The van der Waals surface area contributed by atoms with E-state index in [9.17, 15) is 13.9 Å². The molecule has 0 saturated heterocycles. The van der Waals surface area contributed by atoms with E-state index in [1.54, 1.807) is 6.07 Å². The summed E-state index contributed by atoms with van der Waals surface area (Å²) in [5, 5.41) is 9.23. The molecule has 0 radical (unpaired) electrons. The van der Waals surface area contributed by atoms with Crippen LogP contribution in [0.15, 0.2) is 36.4 Å². The van der Waals surface area contributed by atoms with Crippen LogP contribution < -0.4 is 4.74 Å². The number of hydrogen-bond acceptors (Lipinski definition) is 2. The fourth-order valence-corrected chi connectivity index (χ4v) is 1.89. The van der Waals surface area contributed by atoms with Crippen molar-refractivity contribution in [3.63, 3.8) is 0 Å². The van der Waals surface area contributed by atoms with Gasteiger partial charge >= 0.3 is 0 Å².